The van der Waals surface area contributed by atoms with Gasteiger partial charge in [-0.15, -0.1) is 0 Å². The van der Waals surface area contributed by atoms with Gasteiger partial charge in [0.15, 0.2) is 11.4 Å². The van der Waals surface area contributed by atoms with E-state index in [2.05, 4.69) is 15.2 Å². The van der Waals surface area contributed by atoms with E-state index >= 15 is 0 Å². The Balaban J connectivity index is 1.88. The van der Waals surface area contributed by atoms with E-state index in [0.29, 0.717) is 16.7 Å². The maximum absolute atomic E-state index is 12.4. The minimum atomic E-state index is -3.81. The van der Waals surface area contributed by atoms with Crippen molar-refractivity contribution in [2.75, 3.05) is 10.0 Å². The lowest BCUT2D eigenvalue weighted by atomic mass is 10.2. The number of sulfonamides is 1. The molecule has 0 aliphatic carbocycles. The van der Waals surface area contributed by atoms with Crippen LogP contribution in [0, 0.1) is 0 Å². The van der Waals surface area contributed by atoms with Gasteiger partial charge in [0.1, 0.15) is 0 Å². The highest BCUT2D eigenvalue weighted by molar-refractivity contribution is 7.92. The van der Waals surface area contributed by atoms with Crippen molar-refractivity contribution in [2.45, 2.75) is 11.8 Å². The van der Waals surface area contributed by atoms with Gasteiger partial charge < -0.3 is 9.84 Å². The molecule has 0 saturated carbocycles. The van der Waals surface area contributed by atoms with E-state index in [9.17, 15) is 13.2 Å². The molecule has 118 valence electrons. The minimum absolute atomic E-state index is 0.0543. The molecule has 0 bridgehead atoms. The number of amides is 1. The smallest absolute Gasteiger partial charge is 0.263 e. The predicted molar refractivity (Wildman–Crippen MR) is 85.6 cm³/mol. The molecule has 0 radical (unpaired) electrons. The van der Waals surface area contributed by atoms with Gasteiger partial charge >= 0.3 is 0 Å². The average Bonchev–Trinajstić information content (AvgIpc) is 2.90. The predicted octanol–water partition coefficient (Wildman–Crippen LogP) is 2.59. The quantitative estimate of drug-likeness (QED) is 0.765. The van der Waals surface area contributed by atoms with Gasteiger partial charge in [0.25, 0.3) is 10.0 Å². The first-order valence-corrected chi connectivity index (χ1v) is 8.19. The zero-order chi connectivity index (χ0) is 16.4. The molecule has 0 aliphatic rings. The Labute approximate surface area is 132 Å². The van der Waals surface area contributed by atoms with E-state index in [0.717, 1.165) is 0 Å². The average molecular weight is 331 g/mol. The Kier molecular flexibility index (Phi) is 3.75. The molecule has 7 nitrogen and oxygen atoms in total. The Morgan fingerprint density at radius 1 is 1.09 bits per heavy atom. The number of hydrogen-bond acceptors (Lipinski definition) is 5. The molecule has 1 aromatic heterocycles. The zero-order valence-electron chi connectivity index (χ0n) is 12.1. The lowest BCUT2D eigenvalue weighted by Crippen LogP contribution is -2.13. The van der Waals surface area contributed by atoms with Crippen LogP contribution < -0.4 is 10.0 Å². The van der Waals surface area contributed by atoms with Crippen molar-refractivity contribution in [1.82, 2.24) is 5.16 Å². The van der Waals surface area contributed by atoms with Gasteiger partial charge in [-0.3, -0.25) is 9.52 Å². The van der Waals surface area contributed by atoms with Gasteiger partial charge in [-0.05, 0) is 36.4 Å². The number of benzene rings is 2. The van der Waals surface area contributed by atoms with Crippen molar-refractivity contribution < 1.29 is 17.7 Å². The van der Waals surface area contributed by atoms with E-state index in [1.807, 2.05) is 0 Å². The van der Waals surface area contributed by atoms with E-state index in [4.69, 9.17) is 4.52 Å². The van der Waals surface area contributed by atoms with E-state index in [-0.39, 0.29) is 16.6 Å². The molecule has 0 aliphatic heterocycles. The molecule has 1 heterocycles. The molecule has 0 spiro atoms. The third kappa shape index (κ3) is 3.16. The fourth-order valence-electron chi connectivity index (χ4n) is 2.07. The van der Waals surface area contributed by atoms with Crippen LogP contribution in [0.15, 0.2) is 57.9 Å². The number of aromatic nitrogens is 1. The maximum atomic E-state index is 12.4. The Hall–Kier alpha value is -2.87. The fourth-order valence-corrected chi connectivity index (χ4v) is 3.08. The van der Waals surface area contributed by atoms with Crippen LogP contribution in [0.4, 0.5) is 11.5 Å². The summed E-state index contributed by atoms with van der Waals surface area (Å²) in [6, 6.07) is 12.8. The first-order valence-electron chi connectivity index (χ1n) is 6.70. The molecular formula is C15H13N3O4S. The van der Waals surface area contributed by atoms with Gasteiger partial charge in [0.05, 0.1) is 10.3 Å². The number of nitrogens with zero attached hydrogens (tertiary/aromatic N) is 1. The molecule has 2 N–H and O–H groups in total. The Bertz CT molecular complexity index is 962. The van der Waals surface area contributed by atoms with Gasteiger partial charge in [0.2, 0.25) is 5.91 Å². The molecule has 3 aromatic rings. The van der Waals surface area contributed by atoms with Crippen LogP contribution in [-0.4, -0.2) is 19.5 Å². The monoisotopic (exact) mass is 331 g/mol. The summed E-state index contributed by atoms with van der Waals surface area (Å²) in [5.41, 5.74) is 1.01. The molecule has 0 fully saturated rings. The van der Waals surface area contributed by atoms with Crippen LogP contribution in [0.25, 0.3) is 11.0 Å². The number of fused-ring (bicyclic) bond motifs is 1. The van der Waals surface area contributed by atoms with Crippen molar-refractivity contribution >= 4 is 38.4 Å². The van der Waals surface area contributed by atoms with E-state index in [1.54, 1.807) is 24.3 Å². The molecule has 2 aromatic carbocycles. The number of nitrogens with one attached hydrogen (secondary N) is 2. The number of para-hydroxylation sites is 1. The number of rotatable bonds is 4. The second-order valence-corrected chi connectivity index (χ2v) is 6.52. The standard InChI is InChI=1S/C15H13N3O4S/c1-10(19)16-11-6-8-12(9-7-11)23(20,21)18-15-13-4-2-3-5-14(13)22-17-15/h2-9H,1H3,(H,16,19)(H,17,18). The molecule has 1 amide bonds. The Morgan fingerprint density at radius 3 is 2.48 bits per heavy atom. The van der Waals surface area contributed by atoms with Crippen LogP contribution in [-0.2, 0) is 14.8 Å². The van der Waals surface area contributed by atoms with Crippen LogP contribution >= 0.6 is 0 Å². The minimum Gasteiger partial charge on any atom is -0.354 e. The molecule has 8 heteroatoms. The van der Waals surface area contributed by atoms with Gasteiger partial charge in [-0.1, -0.05) is 17.3 Å². The summed E-state index contributed by atoms with van der Waals surface area (Å²) in [6.45, 7) is 1.38. The Morgan fingerprint density at radius 2 is 1.78 bits per heavy atom. The summed E-state index contributed by atoms with van der Waals surface area (Å²) in [5, 5.41) is 6.89. The largest absolute Gasteiger partial charge is 0.354 e. The summed E-state index contributed by atoms with van der Waals surface area (Å²) in [6.07, 6.45) is 0. The van der Waals surface area contributed by atoms with Crippen molar-refractivity contribution in [2.24, 2.45) is 0 Å². The van der Waals surface area contributed by atoms with Crippen LogP contribution in [0.2, 0.25) is 0 Å². The third-order valence-electron chi connectivity index (χ3n) is 3.09. The third-order valence-corrected chi connectivity index (χ3v) is 4.45. The van der Waals surface area contributed by atoms with Crippen LogP contribution in [0.5, 0.6) is 0 Å². The summed E-state index contributed by atoms with van der Waals surface area (Å²) in [7, 11) is -3.81. The number of carbonyl (C=O) groups is 1. The van der Waals surface area contributed by atoms with Crippen molar-refractivity contribution in [3.05, 3.63) is 48.5 Å². The maximum Gasteiger partial charge on any atom is 0.263 e. The molecule has 23 heavy (non-hydrogen) atoms. The topological polar surface area (TPSA) is 101 Å². The van der Waals surface area contributed by atoms with Crippen molar-refractivity contribution in [3.8, 4) is 0 Å². The SMILES string of the molecule is CC(=O)Nc1ccc(S(=O)(=O)Nc2noc3ccccc23)cc1. The van der Waals surface area contributed by atoms with Crippen molar-refractivity contribution in [1.29, 1.82) is 0 Å². The summed E-state index contributed by atoms with van der Waals surface area (Å²) < 4.78 is 32.3. The van der Waals surface area contributed by atoms with Crippen molar-refractivity contribution in [3.63, 3.8) is 0 Å². The summed E-state index contributed by atoms with van der Waals surface area (Å²) in [4.78, 5) is 11.0. The highest BCUT2D eigenvalue weighted by atomic mass is 32.2. The lowest BCUT2D eigenvalue weighted by Gasteiger charge is -2.07. The highest BCUT2D eigenvalue weighted by Crippen LogP contribution is 2.25. The second kappa shape index (κ2) is 5.73. The number of anilines is 2. The highest BCUT2D eigenvalue weighted by Gasteiger charge is 2.18. The summed E-state index contributed by atoms with van der Waals surface area (Å²) in [5.74, 6) is -0.0978. The fraction of sp³-hybridized carbons (Fsp3) is 0.0667. The first kappa shape index (κ1) is 15.0. The molecule has 0 atom stereocenters. The van der Waals surface area contributed by atoms with Crippen LogP contribution in [0.3, 0.4) is 0 Å². The lowest BCUT2D eigenvalue weighted by molar-refractivity contribution is -0.114. The number of carbonyl (C=O) groups excluding carboxylic acids is 1. The van der Waals surface area contributed by atoms with Gasteiger partial charge in [0, 0.05) is 12.6 Å². The summed E-state index contributed by atoms with van der Waals surface area (Å²) >= 11 is 0. The van der Waals surface area contributed by atoms with Gasteiger partial charge in [-0.25, -0.2) is 8.42 Å². The van der Waals surface area contributed by atoms with E-state index < -0.39 is 10.0 Å². The molecule has 0 saturated heterocycles. The molecular weight excluding hydrogens is 318 g/mol. The second-order valence-electron chi connectivity index (χ2n) is 4.84. The molecule has 3 rings (SSSR count). The normalized spacial score (nSPS) is 11.3. The van der Waals surface area contributed by atoms with Gasteiger partial charge in [-0.2, -0.15) is 0 Å². The molecule has 0 unspecified atom stereocenters. The number of hydrogen-bond donors (Lipinski definition) is 2. The first-order chi connectivity index (χ1) is 11.0. The zero-order valence-corrected chi connectivity index (χ0v) is 12.9. The van der Waals surface area contributed by atoms with E-state index in [1.165, 1.54) is 31.2 Å². The van der Waals surface area contributed by atoms with Crippen LogP contribution in [0.1, 0.15) is 6.92 Å².